The first-order valence-electron chi connectivity index (χ1n) is 19.3. The molecule has 0 aromatic heterocycles. The highest BCUT2D eigenvalue weighted by Crippen LogP contribution is 2.26. The van der Waals surface area contributed by atoms with Crippen molar-refractivity contribution in [2.75, 3.05) is 7.11 Å². The minimum absolute atomic E-state index is 0.00890. The van der Waals surface area contributed by atoms with Crippen LogP contribution in [0.2, 0.25) is 0 Å². The van der Waals surface area contributed by atoms with Gasteiger partial charge >= 0.3 is 11.9 Å². The minimum Gasteiger partial charge on any atom is -0.469 e. The average molecular weight is 782 g/mol. The molecule has 0 bridgehead atoms. The summed E-state index contributed by atoms with van der Waals surface area (Å²) in [6.07, 6.45) is 2.32. The predicted octanol–water partition coefficient (Wildman–Crippen LogP) is 1.63. The van der Waals surface area contributed by atoms with Crippen molar-refractivity contribution >= 4 is 23.5 Å². The molecule has 2 aliphatic rings. The number of aliphatic hydroxyl groups is 6. The Morgan fingerprint density at radius 1 is 0.873 bits per heavy atom. The molecule has 2 aliphatic heterocycles. The van der Waals surface area contributed by atoms with Gasteiger partial charge in [0.15, 0.2) is 6.29 Å². The molecule has 2 rings (SSSR count). The largest absolute Gasteiger partial charge is 0.469 e. The van der Waals surface area contributed by atoms with Gasteiger partial charge < -0.3 is 55.3 Å². The van der Waals surface area contributed by atoms with Crippen molar-refractivity contribution < 1.29 is 68.8 Å². The van der Waals surface area contributed by atoms with Crippen LogP contribution < -0.4 is 5.73 Å². The summed E-state index contributed by atoms with van der Waals surface area (Å²) in [4.78, 5) is 51.4. The topological polar surface area (TPSA) is 253 Å². The fourth-order valence-corrected chi connectivity index (χ4v) is 6.59. The number of nitrogens with two attached hydrogens (primary N) is 1. The van der Waals surface area contributed by atoms with Crippen LogP contribution in [0.3, 0.4) is 0 Å². The SMILES string of the molecule is CCCC1C/C=C/C=C/C=C/C=C/C(O[C@@H]2O[C@H](C)[C@@H](O)[C@H](N)[C@@H]2O)CC(O)C(C(=O)OC)C(O)CC(=O)CC(O)CCCC(=O)CC(O)C(CC)C(=O)O1. The number of carbonyl (C=O) groups is 4. The zero-order chi connectivity index (χ0) is 41.1. The summed E-state index contributed by atoms with van der Waals surface area (Å²) >= 11 is 0. The molecule has 0 aliphatic carbocycles. The third kappa shape index (κ3) is 16.5. The van der Waals surface area contributed by atoms with E-state index in [4.69, 9.17) is 24.7 Å². The normalized spacial score (nSPS) is 38.5. The molecule has 8 N–H and O–H groups in total. The monoisotopic (exact) mass is 781 g/mol. The molecule has 15 nitrogen and oxygen atoms in total. The second kappa shape index (κ2) is 25.2. The smallest absolute Gasteiger partial charge is 0.313 e. The lowest BCUT2D eigenvalue weighted by Gasteiger charge is -2.41. The number of Topliss-reactive ketones (excluding diaryl/α,β-unsaturated/α-hetero) is 2. The van der Waals surface area contributed by atoms with Gasteiger partial charge in [-0.15, -0.1) is 0 Å². The molecular weight excluding hydrogens is 718 g/mol. The van der Waals surface area contributed by atoms with Gasteiger partial charge in [-0.1, -0.05) is 68.9 Å². The van der Waals surface area contributed by atoms with E-state index >= 15 is 0 Å². The number of ketones is 2. The van der Waals surface area contributed by atoms with Crippen molar-refractivity contribution in [3.8, 4) is 0 Å². The lowest BCUT2D eigenvalue weighted by molar-refractivity contribution is -0.277. The van der Waals surface area contributed by atoms with Gasteiger partial charge in [0.05, 0.1) is 61.8 Å². The molecule has 0 spiro atoms. The molecule has 312 valence electrons. The van der Waals surface area contributed by atoms with Gasteiger partial charge in [-0.25, -0.2) is 0 Å². The lowest BCUT2D eigenvalue weighted by Crippen LogP contribution is -2.61. The van der Waals surface area contributed by atoms with Gasteiger partial charge in [0.2, 0.25) is 0 Å². The van der Waals surface area contributed by atoms with Crippen LogP contribution in [0.15, 0.2) is 48.6 Å². The van der Waals surface area contributed by atoms with E-state index < -0.39 is 110 Å². The molecule has 13 atom stereocenters. The molecule has 0 aromatic rings. The summed E-state index contributed by atoms with van der Waals surface area (Å²) in [5, 5.41) is 64.4. The summed E-state index contributed by atoms with van der Waals surface area (Å²) in [7, 11) is 1.06. The van der Waals surface area contributed by atoms with Crippen LogP contribution >= 0.6 is 0 Å². The van der Waals surface area contributed by atoms with Crippen LogP contribution in [0.25, 0.3) is 0 Å². The second-order valence-corrected chi connectivity index (χ2v) is 14.3. The first-order valence-corrected chi connectivity index (χ1v) is 19.3. The number of hydrogen-bond acceptors (Lipinski definition) is 15. The van der Waals surface area contributed by atoms with Gasteiger partial charge in [-0.3, -0.25) is 19.2 Å². The Labute approximate surface area is 323 Å². The molecule has 0 aromatic carbocycles. The van der Waals surface area contributed by atoms with Crippen LogP contribution in [0.5, 0.6) is 0 Å². The van der Waals surface area contributed by atoms with Gasteiger partial charge in [-0.05, 0) is 32.6 Å². The van der Waals surface area contributed by atoms with E-state index in [-0.39, 0.29) is 44.3 Å². The van der Waals surface area contributed by atoms with E-state index in [1.54, 1.807) is 50.3 Å². The van der Waals surface area contributed by atoms with E-state index in [0.29, 0.717) is 12.8 Å². The number of ether oxygens (including phenoxy) is 4. The number of rotatable bonds is 6. The highest BCUT2D eigenvalue weighted by molar-refractivity contribution is 5.82. The predicted molar refractivity (Wildman–Crippen MR) is 201 cm³/mol. The third-order valence-corrected chi connectivity index (χ3v) is 9.83. The number of cyclic esters (lactones) is 1. The first-order chi connectivity index (χ1) is 26.1. The Hall–Kier alpha value is -3.12. The van der Waals surface area contributed by atoms with Crippen molar-refractivity contribution in [3.63, 3.8) is 0 Å². The maximum absolute atomic E-state index is 13.0. The Bertz CT molecular complexity index is 1320. The first kappa shape index (κ1) is 48.0. The van der Waals surface area contributed by atoms with Gasteiger partial charge in [0, 0.05) is 38.5 Å². The molecule has 55 heavy (non-hydrogen) atoms. The summed E-state index contributed by atoms with van der Waals surface area (Å²) in [6.45, 7) is 5.25. The molecule has 1 saturated heterocycles. The average Bonchev–Trinajstić information content (AvgIpc) is 3.11. The zero-order valence-electron chi connectivity index (χ0n) is 32.4. The standard InChI is InChI=1S/C40H63NO14/c1-5-15-28-18-12-10-8-7-9-11-13-19-29(55-40-37(49)35(41)36(48)24(3)53-40)23-33(47)34(39(51)52-4)32(46)22-27(44)20-25(42)16-14-17-26(43)21-31(45)30(6-2)38(50)54-28/h7-13,19,24-25,28-37,40,42,45-49H,5-6,14-18,20-23,41H2,1-4H3/b8-7+,11-9+,12-10+,19-13+/t24-,25?,28?,29?,30?,31?,32?,33?,34?,35+,36-,37+,40+/m1/s1. The minimum atomic E-state index is -1.71. The van der Waals surface area contributed by atoms with E-state index in [2.05, 4.69) is 0 Å². The Morgan fingerprint density at radius 2 is 1.53 bits per heavy atom. The molecule has 0 saturated carbocycles. The molecule has 0 radical (unpaired) electrons. The van der Waals surface area contributed by atoms with E-state index in [9.17, 15) is 49.8 Å². The number of methoxy groups -OCH3 is 1. The Kier molecular flexibility index (Phi) is 22.0. The van der Waals surface area contributed by atoms with E-state index in [0.717, 1.165) is 13.5 Å². The van der Waals surface area contributed by atoms with Gasteiger partial charge in [-0.2, -0.15) is 0 Å². The van der Waals surface area contributed by atoms with Crippen LogP contribution in [-0.2, 0) is 38.1 Å². The van der Waals surface area contributed by atoms with Crippen molar-refractivity contribution in [1.29, 1.82) is 0 Å². The highest BCUT2D eigenvalue weighted by atomic mass is 16.7. The fourth-order valence-electron chi connectivity index (χ4n) is 6.59. The van der Waals surface area contributed by atoms with Crippen LogP contribution in [0.1, 0.15) is 91.4 Å². The quantitative estimate of drug-likeness (QED) is 0.189. The maximum Gasteiger partial charge on any atom is 0.313 e. The molecular formula is C40H63NO14. The van der Waals surface area contributed by atoms with Crippen LogP contribution in [0.4, 0.5) is 0 Å². The van der Waals surface area contributed by atoms with E-state index in [1.165, 1.54) is 6.08 Å². The number of esters is 2. The Morgan fingerprint density at radius 3 is 2.18 bits per heavy atom. The lowest BCUT2D eigenvalue weighted by atomic mass is 9.88. The van der Waals surface area contributed by atoms with Crippen molar-refractivity contribution in [2.24, 2.45) is 17.6 Å². The summed E-state index contributed by atoms with van der Waals surface area (Å²) < 4.78 is 22.2. The number of aliphatic hydroxyl groups excluding tert-OH is 6. The fraction of sp³-hybridized carbons (Fsp3) is 0.700. The van der Waals surface area contributed by atoms with Gasteiger partial charge in [0.1, 0.15) is 29.7 Å². The maximum atomic E-state index is 13.0. The molecule has 1 fully saturated rings. The van der Waals surface area contributed by atoms with Crippen LogP contribution in [0, 0.1) is 11.8 Å². The summed E-state index contributed by atoms with van der Waals surface area (Å²) in [5.74, 6) is -5.00. The second-order valence-electron chi connectivity index (χ2n) is 14.3. The third-order valence-electron chi connectivity index (χ3n) is 9.83. The summed E-state index contributed by atoms with van der Waals surface area (Å²) in [5.41, 5.74) is 5.97. The highest BCUT2D eigenvalue weighted by Gasteiger charge is 2.43. The van der Waals surface area contributed by atoms with Crippen molar-refractivity contribution in [2.45, 2.75) is 159 Å². The van der Waals surface area contributed by atoms with Crippen molar-refractivity contribution in [1.82, 2.24) is 0 Å². The number of hydrogen-bond donors (Lipinski definition) is 7. The number of carbonyl (C=O) groups excluding carboxylic acids is 4. The number of allylic oxidation sites excluding steroid dienone is 6. The summed E-state index contributed by atoms with van der Waals surface area (Å²) in [6, 6.07) is -1.10. The van der Waals surface area contributed by atoms with Crippen LogP contribution in [-0.4, -0.2) is 129 Å². The zero-order valence-corrected chi connectivity index (χ0v) is 32.4. The van der Waals surface area contributed by atoms with E-state index in [1.807, 2.05) is 13.0 Å². The van der Waals surface area contributed by atoms with Gasteiger partial charge in [0.25, 0.3) is 0 Å². The molecule has 0 amide bonds. The molecule has 2 heterocycles. The Balaban J connectivity index is 2.37. The van der Waals surface area contributed by atoms with Crippen molar-refractivity contribution in [3.05, 3.63) is 48.6 Å². The molecule has 15 heteroatoms. The molecule has 8 unspecified atom stereocenters.